The highest BCUT2D eigenvalue weighted by Gasteiger charge is 2.36. The molecule has 16 heavy (non-hydrogen) atoms. The molecule has 3 atom stereocenters. The molecular formula is C14H30N2. The van der Waals surface area contributed by atoms with E-state index in [0.717, 1.165) is 18.4 Å². The summed E-state index contributed by atoms with van der Waals surface area (Å²) < 4.78 is 0. The molecule has 96 valence electrons. The Hall–Kier alpha value is -0.0800. The van der Waals surface area contributed by atoms with Crippen LogP contribution in [-0.2, 0) is 0 Å². The maximum absolute atomic E-state index is 6.04. The Morgan fingerprint density at radius 1 is 1.38 bits per heavy atom. The highest BCUT2D eigenvalue weighted by atomic mass is 15.2. The smallest absolute Gasteiger partial charge is 0.0308 e. The first-order valence-corrected chi connectivity index (χ1v) is 6.86. The largest absolute Gasteiger partial charge is 0.329 e. The van der Waals surface area contributed by atoms with E-state index in [0.29, 0.717) is 6.04 Å². The average molecular weight is 226 g/mol. The van der Waals surface area contributed by atoms with Gasteiger partial charge in [0.2, 0.25) is 0 Å². The molecule has 1 heterocycles. The van der Waals surface area contributed by atoms with E-state index < -0.39 is 0 Å². The summed E-state index contributed by atoms with van der Waals surface area (Å²) in [6.45, 7) is 13.7. The van der Waals surface area contributed by atoms with Gasteiger partial charge >= 0.3 is 0 Å². The van der Waals surface area contributed by atoms with Gasteiger partial charge in [0.25, 0.3) is 0 Å². The van der Waals surface area contributed by atoms with Crippen LogP contribution in [0.3, 0.4) is 0 Å². The number of hydrogen-bond acceptors (Lipinski definition) is 2. The first-order valence-electron chi connectivity index (χ1n) is 6.86. The van der Waals surface area contributed by atoms with Crippen LogP contribution in [0.15, 0.2) is 0 Å². The predicted molar refractivity (Wildman–Crippen MR) is 71.5 cm³/mol. The lowest BCUT2D eigenvalue weighted by Gasteiger charge is -2.49. The number of nitrogens with two attached hydrogens (primary N) is 1. The molecule has 0 aromatic heterocycles. The molecule has 0 saturated carbocycles. The average Bonchev–Trinajstić information content (AvgIpc) is 2.16. The van der Waals surface area contributed by atoms with Gasteiger partial charge in [0.1, 0.15) is 0 Å². The zero-order chi connectivity index (χ0) is 12.3. The van der Waals surface area contributed by atoms with Crippen molar-refractivity contribution in [1.29, 1.82) is 0 Å². The van der Waals surface area contributed by atoms with Crippen molar-refractivity contribution in [3.05, 3.63) is 0 Å². The van der Waals surface area contributed by atoms with Crippen LogP contribution in [0.4, 0.5) is 0 Å². The zero-order valence-corrected chi connectivity index (χ0v) is 11.8. The van der Waals surface area contributed by atoms with E-state index >= 15 is 0 Å². The van der Waals surface area contributed by atoms with E-state index in [1.165, 1.54) is 25.8 Å². The van der Waals surface area contributed by atoms with Crippen LogP contribution < -0.4 is 5.73 Å². The third-order valence-electron chi connectivity index (χ3n) is 4.12. The molecule has 1 saturated heterocycles. The number of nitrogens with zero attached hydrogens (tertiary/aromatic N) is 1. The fourth-order valence-electron chi connectivity index (χ4n) is 3.41. The second-order valence-corrected chi connectivity index (χ2v) is 6.47. The minimum atomic E-state index is 0.202. The van der Waals surface area contributed by atoms with Crippen molar-refractivity contribution in [2.75, 3.05) is 13.1 Å². The third kappa shape index (κ3) is 3.21. The summed E-state index contributed by atoms with van der Waals surface area (Å²) in [4.78, 5) is 2.66. The number of likely N-dealkylation sites (tertiary alicyclic amines) is 1. The fraction of sp³-hybridized carbons (Fsp3) is 1.00. The standard InChI is InChI=1S/C14H30N2/c1-11(2)9-14(5,10-15)16-7-6-12(3)8-13(16)4/h11-13H,6-10,15H2,1-5H3. The van der Waals surface area contributed by atoms with Gasteiger partial charge in [-0.3, -0.25) is 4.90 Å². The van der Waals surface area contributed by atoms with Crippen molar-refractivity contribution in [2.45, 2.75) is 65.5 Å². The zero-order valence-electron chi connectivity index (χ0n) is 11.8. The Balaban J connectivity index is 2.71. The van der Waals surface area contributed by atoms with Crippen molar-refractivity contribution in [3.8, 4) is 0 Å². The SMILES string of the molecule is CC(C)CC(C)(CN)N1CCC(C)CC1C. The molecule has 0 radical (unpaired) electrons. The Labute approximate surface area is 102 Å². The molecule has 0 aromatic rings. The van der Waals surface area contributed by atoms with E-state index in [-0.39, 0.29) is 5.54 Å². The third-order valence-corrected chi connectivity index (χ3v) is 4.12. The Kier molecular flexibility index (Phi) is 4.81. The maximum Gasteiger partial charge on any atom is 0.0308 e. The Bertz CT molecular complexity index is 215. The van der Waals surface area contributed by atoms with Gasteiger partial charge in [-0.2, -0.15) is 0 Å². The van der Waals surface area contributed by atoms with Crippen molar-refractivity contribution in [3.63, 3.8) is 0 Å². The fourth-order valence-corrected chi connectivity index (χ4v) is 3.41. The lowest BCUT2D eigenvalue weighted by Crippen LogP contribution is -2.58. The molecule has 1 fully saturated rings. The molecule has 1 rings (SSSR count). The van der Waals surface area contributed by atoms with E-state index in [1.54, 1.807) is 0 Å². The lowest BCUT2D eigenvalue weighted by molar-refractivity contribution is 0.0134. The normalized spacial score (nSPS) is 31.7. The molecule has 0 aromatic carbocycles. The first kappa shape index (κ1) is 14.0. The molecule has 0 aliphatic carbocycles. The summed E-state index contributed by atoms with van der Waals surface area (Å²) in [5.74, 6) is 1.60. The molecule has 1 aliphatic heterocycles. The summed E-state index contributed by atoms with van der Waals surface area (Å²) >= 11 is 0. The maximum atomic E-state index is 6.04. The molecule has 2 N–H and O–H groups in total. The molecule has 3 unspecified atom stereocenters. The van der Waals surface area contributed by atoms with Crippen molar-refractivity contribution < 1.29 is 0 Å². The van der Waals surface area contributed by atoms with Crippen LogP contribution in [0.2, 0.25) is 0 Å². The van der Waals surface area contributed by atoms with Gasteiger partial charge < -0.3 is 5.73 Å². The van der Waals surface area contributed by atoms with E-state index in [9.17, 15) is 0 Å². The van der Waals surface area contributed by atoms with Crippen molar-refractivity contribution in [1.82, 2.24) is 4.90 Å². The number of rotatable bonds is 4. The van der Waals surface area contributed by atoms with Gasteiger partial charge in [-0.15, -0.1) is 0 Å². The summed E-state index contributed by atoms with van der Waals surface area (Å²) in [7, 11) is 0. The quantitative estimate of drug-likeness (QED) is 0.798. The van der Waals surface area contributed by atoms with Gasteiger partial charge in [-0.05, 0) is 51.5 Å². The molecule has 0 amide bonds. The molecule has 2 heteroatoms. The van der Waals surface area contributed by atoms with Crippen LogP contribution in [0.1, 0.15) is 53.9 Å². The Morgan fingerprint density at radius 3 is 2.44 bits per heavy atom. The molecule has 1 aliphatic rings. The summed E-state index contributed by atoms with van der Waals surface area (Å²) in [5, 5.41) is 0. The van der Waals surface area contributed by atoms with Gasteiger partial charge in [0.15, 0.2) is 0 Å². The van der Waals surface area contributed by atoms with Crippen LogP contribution in [-0.4, -0.2) is 29.6 Å². The first-order chi connectivity index (χ1) is 7.39. The van der Waals surface area contributed by atoms with Crippen molar-refractivity contribution >= 4 is 0 Å². The molecule has 2 nitrogen and oxygen atoms in total. The highest BCUT2D eigenvalue weighted by Crippen LogP contribution is 2.32. The molecule has 0 bridgehead atoms. The summed E-state index contributed by atoms with van der Waals surface area (Å²) in [6.07, 6.45) is 3.87. The topological polar surface area (TPSA) is 29.3 Å². The van der Waals surface area contributed by atoms with Gasteiger partial charge in [-0.1, -0.05) is 20.8 Å². The van der Waals surface area contributed by atoms with E-state index in [2.05, 4.69) is 39.5 Å². The van der Waals surface area contributed by atoms with Crippen LogP contribution in [0, 0.1) is 11.8 Å². The second-order valence-electron chi connectivity index (χ2n) is 6.47. The van der Waals surface area contributed by atoms with Crippen LogP contribution in [0.5, 0.6) is 0 Å². The van der Waals surface area contributed by atoms with Gasteiger partial charge in [-0.25, -0.2) is 0 Å². The van der Waals surface area contributed by atoms with Crippen molar-refractivity contribution in [2.24, 2.45) is 17.6 Å². The number of hydrogen-bond donors (Lipinski definition) is 1. The number of piperidine rings is 1. The van der Waals surface area contributed by atoms with Crippen LogP contribution >= 0.6 is 0 Å². The van der Waals surface area contributed by atoms with E-state index in [4.69, 9.17) is 5.73 Å². The summed E-state index contributed by atoms with van der Waals surface area (Å²) in [5.41, 5.74) is 6.24. The lowest BCUT2D eigenvalue weighted by atomic mass is 9.83. The van der Waals surface area contributed by atoms with E-state index in [1.807, 2.05) is 0 Å². The second kappa shape index (κ2) is 5.50. The molecule has 0 spiro atoms. The van der Waals surface area contributed by atoms with Gasteiger partial charge in [0, 0.05) is 18.1 Å². The van der Waals surface area contributed by atoms with Crippen LogP contribution in [0.25, 0.3) is 0 Å². The van der Waals surface area contributed by atoms with Gasteiger partial charge in [0.05, 0.1) is 0 Å². The Morgan fingerprint density at radius 2 is 2.00 bits per heavy atom. The molecular weight excluding hydrogens is 196 g/mol. The minimum absolute atomic E-state index is 0.202. The summed E-state index contributed by atoms with van der Waals surface area (Å²) in [6, 6.07) is 0.691. The highest BCUT2D eigenvalue weighted by molar-refractivity contribution is 4.93. The monoisotopic (exact) mass is 226 g/mol. The predicted octanol–water partition coefficient (Wildman–Crippen LogP) is 2.87. The minimum Gasteiger partial charge on any atom is -0.329 e.